The molecule has 1 aromatic rings. The van der Waals surface area contributed by atoms with Gasteiger partial charge in [-0.1, -0.05) is 0 Å². The Morgan fingerprint density at radius 2 is 2.07 bits per heavy atom. The zero-order valence-corrected chi connectivity index (χ0v) is 9.09. The summed E-state index contributed by atoms with van der Waals surface area (Å²) < 4.78 is 5.15. The molecule has 3 nitrogen and oxygen atoms in total. The predicted octanol–water partition coefficient (Wildman–Crippen LogP) is 1.99. The number of methoxy groups -OCH3 is 1. The first-order valence-electron chi connectivity index (χ1n) is 4.65. The van der Waals surface area contributed by atoms with E-state index in [2.05, 4.69) is 5.32 Å². The quantitative estimate of drug-likeness (QED) is 0.775. The van der Waals surface area contributed by atoms with E-state index in [9.17, 15) is 5.11 Å². The predicted molar refractivity (Wildman–Crippen MR) is 56.9 cm³/mol. The lowest BCUT2D eigenvalue weighted by atomic mass is 10.0. The summed E-state index contributed by atoms with van der Waals surface area (Å²) in [4.78, 5) is 0. The molecule has 0 aliphatic rings. The Kier molecular flexibility index (Phi) is 3.36. The standard InChI is InChI=1S/C11H17NO2/c1-7-5-9(14-4)6-10(11(7)13)8(2)12-3/h5-6,8,12-13H,1-4H3. The van der Waals surface area contributed by atoms with Crippen LogP contribution in [-0.2, 0) is 0 Å². The zero-order valence-electron chi connectivity index (χ0n) is 9.09. The summed E-state index contributed by atoms with van der Waals surface area (Å²) in [5, 5.41) is 12.9. The lowest BCUT2D eigenvalue weighted by Gasteiger charge is -2.15. The van der Waals surface area contributed by atoms with E-state index in [1.54, 1.807) is 7.11 Å². The van der Waals surface area contributed by atoms with Crippen molar-refractivity contribution in [1.82, 2.24) is 5.32 Å². The molecule has 0 saturated heterocycles. The van der Waals surface area contributed by atoms with Gasteiger partial charge in [-0.3, -0.25) is 0 Å². The number of hydrogen-bond donors (Lipinski definition) is 2. The fraction of sp³-hybridized carbons (Fsp3) is 0.455. The molecule has 1 rings (SSSR count). The molecule has 1 aromatic carbocycles. The molecule has 0 spiro atoms. The highest BCUT2D eigenvalue weighted by molar-refractivity contribution is 5.47. The lowest BCUT2D eigenvalue weighted by molar-refractivity contribution is 0.407. The molecule has 1 atom stereocenters. The highest BCUT2D eigenvalue weighted by Gasteiger charge is 2.12. The summed E-state index contributed by atoms with van der Waals surface area (Å²) in [5.74, 6) is 1.12. The molecule has 0 fully saturated rings. The van der Waals surface area contributed by atoms with Gasteiger partial charge in [0.2, 0.25) is 0 Å². The normalized spacial score (nSPS) is 12.6. The average Bonchev–Trinajstić information content (AvgIpc) is 2.20. The van der Waals surface area contributed by atoms with Gasteiger partial charge >= 0.3 is 0 Å². The van der Waals surface area contributed by atoms with Crippen LogP contribution >= 0.6 is 0 Å². The summed E-state index contributed by atoms with van der Waals surface area (Å²) in [6.07, 6.45) is 0. The maximum atomic E-state index is 9.82. The van der Waals surface area contributed by atoms with Crippen LogP contribution in [0.2, 0.25) is 0 Å². The van der Waals surface area contributed by atoms with Gasteiger partial charge < -0.3 is 15.2 Å². The van der Waals surface area contributed by atoms with E-state index in [4.69, 9.17) is 4.74 Å². The van der Waals surface area contributed by atoms with E-state index in [1.807, 2.05) is 33.0 Å². The Morgan fingerprint density at radius 3 is 2.57 bits per heavy atom. The smallest absolute Gasteiger partial charge is 0.123 e. The van der Waals surface area contributed by atoms with Gasteiger partial charge in [-0.25, -0.2) is 0 Å². The maximum Gasteiger partial charge on any atom is 0.123 e. The molecular formula is C11H17NO2. The minimum Gasteiger partial charge on any atom is -0.507 e. The van der Waals surface area contributed by atoms with Crippen molar-refractivity contribution in [3.8, 4) is 11.5 Å². The molecule has 0 aliphatic heterocycles. The van der Waals surface area contributed by atoms with Crippen molar-refractivity contribution in [3.05, 3.63) is 23.3 Å². The van der Waals surface area contributed by atoms with E-state index in [-0.39, 0.29) is 6.04 Å². The maximum absolute atomic E-state index is 9.82. The topological polar surface area (TPSA) is 41.5 Å². The molecular weight excluding hydrogens is 178 g/mol. The van der Waals surface area contributed by atoms with Gasteiger partial charge in [0.05, 0.1) is 7.11 Å². The van der Waals surface area contributed by atoms with Crippen LogP contribution in [0, 0.1) is 6.92 Å². The van der Waals surface area contributed by atoms with Crippen molar-refractivity contribution in [2.24, 2.45) is 0 Å². The molecule has 1 unspecified atom stereocenters. The van der Waals surface area contributed by atoms with Crippen LogP contribution in [0.25, 0.3) is 0 Å². The second kappa shape index (κ2) is 4.33. The number of hydrogen-bond acceptors (Lipinski definition) is 3. The van der Waals surface area contributed by atoms with Gasteiger partial charge in [0.1, 0.15) is 11.5 Å². The number of ether oxygens (including phenoxy) is 1. The van der Waals surface area contributed by atoms with Gasteiger partial charge in [-0.15, -0.1) is 0 Å². The van der Waals surface area contributed by atoms with Crippen molar-refractivity contribution >= 4 is 0 Å². The van der Waals surface area contributed by atoms with Gasteiger partial charge in [-0.2, -0.15) is 0 Å². The van der Waals surface area contributed by atoms with Crippen molar-refractivity contribution in [1.29, 1.82) is 0 Å². The molecule has 0 aliphatic carbocycles. The van der Waals surface area contributed by atoms with Gasteiger partial charge in [-0.05, 0) is 38.6 Å². The molecule has 0 heterocycles. The van der Waals surface area contributed by atoms with E-state index in [0.717, 1.165) is 16.9 Å². The number of nitrogens with one attached hydrogen (secondary N) is 1. The molecule has 14 heavy (non-hydrogen) atoms. The Bertz CT molecular complexity index is 323. The summed E-state index contributed by atoms with van der Waals surface area (Å²) in [6.45, 7) is 3.86. The molecule has 0 saturated carbocycles. The van der Waals surface area contributed by atoms with Gasteiger partial charge in [0.15, 0.2) is 0 Å². The zero-order chi connectivity index (χ0) is 10.7. The Morgan fingerprint density at radius 1 is 1.43 bits per heavy atom. The number of rotatable bonds is 3. The lowest BCUT2D eigenvalue weighted by Crippen LogP contribution is -2.12. The third-order valence-electron chi connectivity index (χ3n) is 2.44. The van der Waals surface area contributed by atoms with Crippen LogP contribution < -0.4 is 10.1 Å². The second-order valence-corrected chi connectivity index (χ2v) is 3.39. The molecule has 3 heteroatoms. The third-order valence-corrected chi connectivity index (χ3v) is 2.44. The minimum absolute atomic E-state index is 0.115. The molecule has 0 amide bonds. The Labute approximate surface area is 84.7 Å². The molecule has 0 radical (unpaired) electrons. The third kappa shape index (κ3) is 1.99. The summed E-state index contributed by atoms with van der Waals surface area (Å²) >= 11 is 0. The molecule has 2 N–H and O–H groups in total. The monoisotopic (exact) mass is 195 g/mol. The van der Waals surface area contributed by atoms with E-state index in [1.165, 1.54) is 0 Å². The number of phenols is 1. The fourth-order valence-electron chi connectivity index (χ4n) is 1.38. The Hall–Kier alpha value is -1.22. The first kappa shape index (κ1) is 10.9. The van der Waals surface area contributed by atoms with Crippen LogP contribution in [0.1, 0.15) is 24.1 Å². The summed E-state index contributed by atoms with van der Waals surface area (Å²) in [6, 6.07) is 3.79. The van der Waals surface area contributed by atoms with E-state index in [0.29, 0.717) is 5.75 Å². The number of phenolic OH excluding ortho intramolecular Hbond substituents is 1. The van der Waals surface area contributed by atoms with Crippen LogP contribution in [0.15, 0.2) is 12.1 Å². The second-order valence-electron chi connectivity index (χ2n) is 3.39. The minimum atomic E-state index is 0.115. The molecule has 0 aromatic heterocycles. The van der Waals surface area contributed by atoms with Crippen LogP contribution in [0.4, 0.5) is 0 Å². The van der Waals surface area contributed by atoms with Crippen molar-refractivity contribution in [2.45, 2.75) is 19.9 Å². The van der Waals surface area contributed by atoms with Crippen molar-refractivity contribution in [2.75, 3.05) is 14.2 Å². The van der Waals surface area contributed by atoms with Crippen LogP contribution in [0.5, 0.6) is 11.5 Å². The molecule has 78 valence electrons. The fourth-order valence-corrected chi connectivity index (χ4v) is 1.38. The van der Waals surface area contributed by atoms with Gasteiger partial charge in [0.25, 0.3) is 0 Å². The largest absolute Gasteiger partial charge is 0.507 e. The van der Waals surface area contributed by atoms with E-state index >= 15 is 0 Å². The number of aromatic hydroxyl groups is 1. The highest BCUT2D eigenvalue weighted by Crippen LogP contribution is 2.31. The Balaban J connectivity index is 3.20. The highest BCUT2D eigenvalue weighted by atomic mass is 16.5. The SMILES string of the molecule is CNC(C)c1cc(OC)cc(C)c1O. The molecule has 0 bridgehead atoms. The van der Waals surface area contributed by atoms with E-state index < -0.39 is 0 Å². The first-order valence-corrected chi connectivity index (χ1v) is 4.65. The number of aryl methyl sites for hydroxylation is 1. The van der Waals surface area contributed by atoms with Gasteiger partial charge in [0, 0.05) is 11.6 Å². The summed E-state index contributed by atoms with van der Waals surface area (Å²) in [7, 11) is 3.48. The van der Waals surface area contributed by atoms with Crippen LogP contribution in [0.3, 0.4) is 0 Å². The van der Waals surface area contributed by atoms with Crippen LogP contribution in [-0.4, -0.2) is 19.3 Å². The van der Waals surface area contributed by atoms with Crippen molar-refractivity contribution < 1.29 is 9.84 Å². The first-order chi connectivity index (χ1) is 6.60. The summed E-state index contributed by atoms with van der Waals surface area (Å²) in [5.41, 5.74) is 1.70. The number of benzene rings is 1. The van der Waals surface area contributed by atoms with Crippen molar-refractivity contribution in [3.63, 3.8) is 0 Å². The average molecular weight is 195 g/mol.